The van der Waals surface area contributed by atoms with E-state index >= 15 is 0 Å². The van der Waals surface area contributed by atoms with Crippen molar-refractivity contribution in [3.63, 3.8) is 0 Å². The molecule has 0 bridgehead atoms. The molecule has 2 N–H and O–H groups in total. The number of alkyl halides is 2. The van der Waals surface area contributed by atoms with Gasteiger partial charge in [0.2, 0.25) is 0 Å². The molecule has 0 amide bonds. The van der Waals surface area contributed by atoms with Gasteiger partial charge in [-0.25, -0.2) is 0 Å². The van der Waals surface area contributed by atoms with Gasteiger partial charge >= 0.3 is 6.61 Å². The van der Waals surface area contributed by atoms with Crippen LogP contribution in [0.15, 0.2) is 44.7 Å². The van der Waals surface area contributed by atoms with Crippen molar-refractivity contribution in [1.29, 1.82) is 0 Å². The molecule has 2 rings (SSSR count). The van der Waals surface area contributed by atoms with E-state index in [9.17, 15) is 13.6 Å². The maximum Gasteiger partial charge on any atom is 0.387 e. The monoisotopic (exact) mass is 371 g/mol. The molecule has 2 aromatic rings. The van der Waals surface area contributed by atoms with E-state index in [0.29, 0.717) is 10.0 Å². The zero-order chi connectivity index (χ0) is 16.3. The van der Waals surface area contributed by atoms with Crippen molar-refractivity contribution < 1.29 is 13.5 Å². The van der Waals surface area contributed by atoms with E-state index in [1.807, 2.05) is 0 Å². The van der Waals surface area contributed by atoms with Crippen molar-refractivity contribution in [1.82, 2.24) is 4.68 Å². The van der Waals surface area contributed by atoms with Crippen LogP contribution in [0.2, 0.25) is 0 Å². The van der Waals surface area contributed by atoms with Crippen LogP contribution < -0.4 is 16.0 Å². The number of aryl methyl sites for hydroxylation is 1. The molecule has 0 aliphatic carbocycles. The maximum atomic E-state index is 12.4. The average Bonchev–Trinajstić information content (AvgIpc) is 2.40. The Bertz CT molecular complexity index is 775. The van der Waals surface area contributed by atoms with E-state index < -0.39 is 12.2 Å². The highest BCUT2D eigenvalue weighted by Crippen LogP contribution is 2.23. The lowest BCUT2D eigenvalue weighted by atomic mass is 10.2. The summed E-state index contributed by atoms with van der Waals surface area (Å²) in [5, 5.41) is 3.93. The minimum atomic E-state index is -2.96. The number of nitrogens with two attached hydrogens (primary N) is 1. The smallest absolute Gasteiger partial charge is 0.387 e. The number of benzene rings is 1. The summed E-state index contributed by atoms with van der Waals surface area (Å²) in [6.45, 7) is -1.23. The SMILES string of the molecule is Cc1cc(N)n(/N=C\c2cc(Br)ccc2OC(F)F)c(=O)c1. The molecule has 1 aromatic carbocycles. The van der Waals surface area contributed by atoms with E-state index in [2.05, 4.69) is 25.8 Å². The zero-order valence-corrected chi connectivity index (χ0v) is 13.0. The van der Waals surface area contributed by atoms with Gasteiger partial charge < -0.3 is 10.5 Å². The topological polar surface area (TPSA) is 69.6 Å². The van der Waals surface area contributed by atoms with Gasteiger partial charge in [0, 0.05) is 16.1 Å². The van der Waals surface area contributed by atoms with E-state index in [0.717, 1.165) is 4.68 Å². The second-order valence-electron chi connectivity index (χ2n) is 4.41. The van der Waals surface area contributed by atoms with Crippen LogP contribution in [0.3, 0.4) is 0 Å². The molecule has 116 valence electrons. The highest BCUT2D eigenvalue weighted by atomic mass is 79.9. The third-order valence-electron chi connectivity index (χ3n) is 2.68. The minimum Gasteiger partial charge on any atom is -0.434 e. The van der Waals surface area contributed by atoms with Gasteiger partial charge in [0.25, 0.3) is 5.56 Å². The molecule has 0 radical (unpaired) electrons. The lowest BCUT2D eigenvalue weighted by Crippen LogP contribution is -2.19. The molecule has 22 heavy (non-hydrogen) atoms. The molecular formula is C14H12BrF2N3O2. The summed E-state index contributed by atoms with van der Waals surface area (Å²) in [7, 11) is 0. The highest BCUT2D eigenvalue weighted by Gasteiger charge is 2.09. The Morgan fingerprint density at radius 2 is 2.09 bits per heavy atom. The fourth-order valence-electron chi connectivity index (χ4n) is 1.79. The Morgan fingerprint density at radius 3 is 2.73 bits per heavy atom. The molecule has 1 aromatic heterocycles. The first-order valence-corrected chi connectivity index (χ1v) is 6.94. The van der Waals surface area contributed by atoms with Gasteiger partial charge in [0.1, 0.15) is 11.6 Å². The van der Waals surface area contributed by atoms with Crippen LogP contribution in [0.4, 0.5) is 14.6 Å². The Morgan fingerprint density at radius 1 is 1.36 bits per heavy atom. The summed E-state index contributed by atoms with van der Waals surface area (Å²) in [5.74, 6) is 0.0910. The fourth-order valence-corrected chi connectivity index (χ4v) is 2.17. The first kappa shape index (κ1) is 16.2. The van der Waals surface area contributed by atoms with Gasteiger partial charge in [-0.3, -0.25) is 4.79 Å². The van der Waals surface area contributed by atoms with E-state index in [4.69, 9.17) is 5.73 Å². The molecule has 0 aliphatic rings. The van der Waals surface area contributed by atoms with Gasteiger partial charge in [-0.1, -0.05) is 15.9 Å². The van der Waals surface area contributed by atoms with Crippen LogP contribution >= 0.6 is 15.9 Å². The van der Waals surface area contributed by atoms with E-state index in [-0.39, 0.29) is 17.1 Å². The second kappa shape index (κ2) is 6.69. The van der Waals surface area contributed by atoms with Crippen LogP contribution in [0.5, 0.6) is 5.75 Å². The average molecular weight is 372 g/mol. The number of pyridine rings is 1. The number of rotatable bonds is 4. The molecule has 0 atom stereocenters. The number of ether oxygens (including phenoxy) is 1. The third-order valence-corrected chi connectivity index (χ3v) is 3.17. The second-order valence-corrected chi connectivity index (χ2v) is 5.33. The van der Waals surface area contributed by atoms with Gasteiger partial charge in [-0.15, -0.1) is 0 Å². The lowest BCUT2D eigenvalue weighted by Gasteiger charge is -2.08. The van der Waals surface area contributed by atoms with Gasteiger partial charge in [-0.2, -0.15) is 18.6 Å². The number of anilines is 1. The molecule has 0 unspecified atom stereocenters. The quantitative estimate of drug-likeness (QED) is 0.839. The van der Waals surface area contributed by atoms with E-state index in [1.54, 1.807) is 19.1 Å². The van der Waals surface area contributed by atoms with Crippen molar-refractivity contribution in [2.75, 3.05) is 5.73 Å². The highest BCUT2D eigenvalue weighted by molar-refractivity contribution is 9.10. The Kier molecular flexibility index (Phi) is 4.92. The van der Waals surface area contributed by atoms with Gasteiger partial charge in [-0.05, 0) is 36.8 Å². The maximum absolute atomic E-state index is 12.4. The number of hydrogen-bond donors (Lipinski definition) is 1. The Hall–Kier alpha value is -2.22. The van der Waals surface area contributed by atoms with Crippen LogP contribution in [0.25, 0.3) is 0 Å². The molecule has 0 saturated carbocycles. The summed E-state index contributed by atoms with van der Waals surface area (Å²) < 4.78 is 30.8. The van der Waals surface area contributed by atoms with Gasteiger partial charge in [0.05, 0.1) is 6.21 Å². The fraction of sp³-hybridized carbons (Fsp3) is 0.143. The number of halogens is 3. The lowest BCUT2D eigenvalue weighted by molar-refractivity contribution is -0.0499. The van der Waals surface area contributed by atoms with Crippen LogP contribution in [-0.4, -0.2) is 17.5 Å². The third kappa shape index (κ3) is 3.91. The predicted molar refractivity (Wildman–Crippen MR) is 83.6 cm³/mol. The Labute approximate surface area is 133 Å². The number of hydrogen-bond acceptors (Lipinski definition) is 4. The molecule has 1 heterocycles. The molecule has 8 heteroatoms. The summed E-state index contributed by atoms with van der Waals surface area (Å²) in [6, 6.07) is 7.42. The van der Waals surface area contributed by atoms with Crippen molar-refractivity contribution >= 4 is 28.0 Å². The van der Waals surface area contributed by atoms with Crippen LogP contribution in [-0.2, 0) is 0 Å². The molecular weight excluding hydrogens is 360 g/mol. The van der Waals surface area contributed by atoms with Crippen LogP contribution in [0.1, 0.15) is 11.1 Å². The van der Waals surface area contributed by atoms with Crippen molar-refractivity contribution in [3.8, 4) is 5.75 Å². The zero-order valence-electron chi connectivity index (χ0n) is 11.5. The van der Waals surface area contributed by atoms with E-state index in [1.165, 1.54) is 24.4 Å². The molecule has 0 aliphatic heterocycles. The summed E-state index contributed by atoms with van der Waals surface area (Å²) in [4.78, 5) is 11.8. The van der Waals surface area contributed by atoms with Gasteiger partial charge in [0.15, 0.2) is 0 Å². The summed E-state index contributed by atoms with van der Waals surface area (Å²) in [6.07, 6.45) is 1.23. The minimum absolute atomic E-state index is 0.0549. The van der Waals surface area contributed by atoms with Crippen molar-refractivity contribution in [2.24, 2.45) is 5.10 Å². The number of aromatic nitrogens is 1. The largest absolute Gasteiger partial charge is 0.434 e. The predicted octanol–water partition coefficient (Wildman–Crippen LogP) is 2.99. The van der Waals surface area contributed by atoms with Crippen LogP contribution in [0, 0.1) is 6.92 Å². The molecule has 0 saturated heterocycles. The number of nitrogen functional groups attached to an aromatic ring is 1. The Balaban J connectivity index is 2.42. The molecule has 5 nitrogen and oxygen atoms in total. The molecule has 0 spiro atoms. The standard InChI is InChI=1S/C14H12BrF2N3O2/c1-8-4-12(18)20(13(21)5-8)19-7-9-6-10(15)2-3-11(9)22-14(16)17/h2-7,14H,18H2,1H3/b19-7-. The summed E-state index contributed by atoms with van der Waals surface area (Å²) >= 11 is 3.23. The van der Waals surface area contributed by atoms with Crippen molar-refractivity contribution in [2.45, 2.75) is 13.5 Å². The molecule has 0 fully saturated rings. The normalized spacial score (nSPS) is 11.3. The number of nitrogens with zero attached hydrogens (tertiary/aromatic N) is 2. The first-order valence-electron chi connectivity index (χ1n) is 6.14. The van der Waals surface area contributed by atoms with Crippen molar-refractivity contribution in [3.05, 3.63) is 56.3 Å². The first-order chi connectivity index (χ1) is 10.4. The summed E-state index contributed by atoms with van der Waals surface area (Å²) in [5.41, 5.74) is 6.29.